The number of carbonyl (C=O) groups is 1. The van der Waals surface area contributed by atoms with Gasteiger partial charge in [-0.15, -0.1) is 11.3 Å². The van der Waals surface area contributed by atoms with Crippen molar-refractivity contribution in [2.24, 2.45) is 0 Å². The largest absolute Gasteiger partial charge is 0.337 e. The van der Waals surface area contributed by atoms with Crippen molar-refractivity contribution in [1.82, 2.24) is 14.8 Å². The van der Waals surface area contributed by atoms with E-state index in [1.54, 1.807) is 23.1 Å². The minimum absolute atomic E-state index is 0.107. The second kappa shape index (κ2) is 11.0. The predicted molar refractivity (Wildman–Crippen MR) is 143 cm³/mol. The molecular weight excluding hydrogens is 472 g/mol. The molecule has 1 amide bonds. The fraction of sp³-hybridized carbons (Fsp3) is 0.250. The number of thiazole rings is 1. The quantitative estimate of drug-likeness (QED) is 0.314. The van der Waals surface area contributed by atoms with Crippen molar-refractivity contribution in [1.29, 1.82) is 5.26 Å². The van der Waals surface area contributed by atoms with E-state index in [1.807, 2.05) is 59.5 Å². The number of nitrogens with zero attached hydrogens (tertiary/aromatic N) is 4. The lowest BCUT2D eigenvalue weighted by atomic mass is 10.1. The molecule has 0 bridgehead atoms. The van der Waals surface area contributed by atoms with Crippen molar-refractivity contribution in [3.63, 3.8) is 0 Å². The van der Waals surface area contributed by atoms with Crippen LogP contribution in [0.5, 0.6) is 0 Å². The van der Waals surface area contributed by atoms with Gasteiger partial charge in [0.1, 0.15) is 0 Å². The number of hydrogen-bond donors (Lipinski definition) is 0. The zero-order chi connectivity index (χ0) is 24.0. The van der Waals surface area contributed by atoms with E-state index in [1.165, 1.54) is 15.8 Å². The molecule has 35 heavy (non-hydrogen) atoms. The first kappa shape index (κ1) is 23.6. The van der Waals surface area contributed by atoms with Crippen LogP contribution in [0.3, 0.4) is 0 Å². The lowest BCUT2D eigenvalue weighted by Gasteiger charge is -2.22. The van der Waals surface area contributed by atoms with Gasteiger partial charge in [-0.2, -0.15) is 5.26 Å². The summed E-state index contributed by atoms with van der Waals surface area (Å²) in [7, 11) is 0. The van der Waals surface area contributed by atoms with Crippen LogP contribution in [0.25, 0.3) is 10.2 Å². The number of aromatic nitrogens is 1. The standard InChI is InChI=1S/C28H26N4OS2/c29-18-21-6-8-22(9-7-21)19-31-14-3-15-32(17-16-31)27(33)24-12-10-23(11-13-24)20-34-28-30-25-4-1-2-5-26(25)35-28/h1-2,4-13H,3,14-17,19-20H2. The predicted octanol–water partition coefficient (Wildman–Crippen LogP) is 5.81. The highest BCUT2D eigenvalue weighted by Gasteiger charge is 2.20. The van der Waals surface area contributed by atoms with Gasteiger partial charge in [0, 0.05) is 44.0 Å². The molecule has 3 aromatic carbocycles. The van der Waals surface area contributed by atoms with Gasteiger partial charge < -0.3 is 4.90 Å². The number of amides is 1. The molecule has 4 aromatic rings. The summed E-state index contributed by atoms with van der Waals surface area (Å²) in [5.41, 5.74) is 4.87. The lowest BCUT2D eigenvalue weighted by Crippen LogP contribution is -2.35. The van der Waals surface area contributed by atoms with Crippen molar-refractivity contribution < 1.29 is 4.79 Å². The number of benzene rings is 3. The molecule has 1 fully saturated rings. The highest BCUT2D eigenvalue weighted by atomic mass is 32.2. The molecule has 1 aliphatic rings. The van der Waals surface area contributed by atoms with Crippen molar-refractivity contribution in [3.05, 3.63) is 95.1 Å². The van der Waals surface area contributed by atoms with Crippen LogP contribution in [0.15, 0.2) is 77.1 Å². The van der Waals surface area contributed by atoms with E-state index < -0.39 is 0 Å². The van der Waals surface area contributed by atoms with E-state index in [2.05, 4.69) is 34.2 Å². The van der Waals surface area contributed by atoms with Gasteiger partial charge >= 0.3 is 0 Å². The molecular formula is C28H26N4OS2. The van der Waals surface area contributed by atoms with Crippen LogP contribution >= 0.6 is 23.1 Å². The minimum atomic E-state index is 0.107. The second-order valence-corrected chi connectivity index (χ2v) is 10.9. The third kappa shape index (κ3) is 5.91. The molecule has 1 aromatic heterocycles. The number of nitriles is 1. The van der Waals surface area contributed by atoms with Gasteiger partial charge in [0.2, 0.25) is 0 Å². The molecule has 0 N–H and O–H groups in total. The van der Waals surface area contributed by atoms with Crippen molar-refractivity contribution in [2.45, 2.75) is 23.1 Å². The molecule has 7 heteroatoms. The molecule has 0 spiro atoms. The maximum atomic E-state index is 13.1. The average Bonchev–Trinajstić information content (AvgIpc) is 3.18. The molecule has 176 valence electrons. The number of fused-ring (bicyclic) bond motifs is 1. The molecule has 1 saturated heterocycles. The normalized spacial score (nSPS) is 14.5. The second-order valence-electron chi connectivity index (χ2n) is 8.66. The van der Waals surface area contributed by atoms with Gasteiger partial charge in [-0.1, -0.05) is 48.2 Å². The van der Waals surface area contributed by atoms with Gasteiger partial charge in [0.15, 0.2) is 4.34 Å². The number of para-hydroxylation sites is 1. The molecule has 0 unspecified atom stereocenters. The van der Waals surface area contributed by atoms with Gasteiger partial charge in [-0.05, 0) is 53.9 Å². The molecule has 0 aliphatic carbocycles. The van der Waals surface area contributed by atoms with Crippen LogP contribution in [-0.4, -0.2) is 46.9 Å². The first-order valence-corrected chi connectivity index (χ1v) is 13.6. The summed E-state index contributed by atoms with van der Waals surface area (Å²) in [5.74, 6) is 0.943. The molecule has 0 saturated carbocycles. The molecule has 2 heterocycles. The van der Waals surface area contributed by atoms with Crippen LogP contribution < -0.4 is 0 Å². The number of hydrogen-bond acceptors (Lipinski definition) is 6. The first-order valence-electron chi connectivity index (χ1n) is 11.8. The van der Waals surface area contributed by atoms with E-state index >= 15 is 0 Å². The van der Waals surface area contributed by atoms with Crippen LogP contribution in [0, 0.1) is 11.3 Å². The van der Waals surface area contributed by atoms with Gasteiger partial charge in [0.25, 0.3) is 5.91 Å². The summed E-state index contributed by atoms with van der Waals surface area (Å²) >= 11 is 3.46. The molecule has 5 nitrogen and oxygen atoms in total. The van der Waals surface area contributed by atoms with Crippen LogP contribution in [-0.2, 0) is 12.3 Å². The summed E-state index contributed by atoms with van der Waals surface area (Å²) in [6, 6.07) is 26.2. The Balaban J connectivity index is 1.14. The first-order chi connectivity index (χ1) is 17.2. The van der Waals surface area contributed by atoms with Crippen LogP contribution in [0.1, 0.15) is 33.5 Å². The molecule has 5 rings (SSSR count). The number of thioether (sulfide) groups is 1. The highest BCUT2D eigenvalue weighted by Crippen LogP contribution is 2.31. The van der Waals surface area contributed by atoms with Gasteiger partial charge in [-0.3, -0.25) is 9.69 Å². The lowest BCUT2D eigenvalue weighted by molar-refractivity contribution is 0.0761. The monoisotopic (exact) mass is 498 g/mol. The van der Waals surface area contributed by atoms with E-state index in [4.69, 9.17) is 5.26 Å². The SMILES string of the molecule is N#Cc1ccc(CN2CCCN(C(=O)c3ccc(CSc4nc5ccccc5s4)cc3)CC2)cc1. The third-order valence-electron chi connectivity index (χ3n) is 6.20. The minimum Gasteiger partial charge on any atom is -0.337 e. The summed E-state index contributed by atoms with van der Waals surface area (Å²) < 4.78 is 2.28. The Labute approximate surface area is 214 Å². The van der Waals surface area contributed by atoms with Crippen molar-refractivity contribution in [3.8, 4) is 6.07 Å². The maximum absolute atomic E-state index is 13.1. The van der Waals surface area contributed by atoms with E-state index in [-0.39, 0.29) is 5.91 Å². The Bertz CT molecular complexity index is 1310. The summed E-state index contributed by atoms with van der Waals surface area (Å²) in [6.45, 7) is 4.16. The van der Waals surface area contributed by atoms with E-state index in [0.717, 1.165) is 60.3 Å². The van der Waals surface area contributed by atoms with Crippen molar-refractivity contribution >= 4 is 39.2 Å². The third-order valence-corrected chi connectivity index (χ3v) is 8.45. The van der Waals surface area contributed by atoms with Gasteiger partial charge in [0.05, 0.1) is 21.8 Å². The maximum Gasteiger partial charge on any atom is 0.253 e. The van der Waals surface area contributed by atoms with Crippen molar-refractivity contribution in [2.75, 3.05) is 26.2 Å². The molecule has 1 aliphatic heterocycles. The van der Waals surface area contributed by atoms with E-state index in [0.29, 0.717) is 5.56 Å². The average molecular weight is 499 g/mol. The Morgan fingerprint density at radius 1 is 0.943 bits per heavy atom. The fourth-order valence-electron chi connectivity index (χ4n) is 4.26. The smallest absolute Gasteiger partial charge is 0.253 e. The fourth-order valence-corrected chi connectivity index (χ4v) is 6.28. The highest BCUT2D eigenvalue weighted by molar-refractivity contribution is 8.00. The Morgan fingerprint density at radius 2 is 1.71 bits per heavy atom. The summed E-state index contributed by atoms with van der Waals surface area (Å²) in [4.78, 5) is 22.2. The Kier molecular flexibility index (Phi) is 7.43. The van der Waals surface area contributed by atoms with Gasteiger partial charge in [-0.25, -0.2) is 4.98 Å². The topological polar surface area (TPSA) is 60.2 Å². The number of carbonyl (C=O) groups excluding carboxylic acids is 1. The summed E-state index contributed by atoms with van der Waals surface area (Å²) in [5, 5.41) is 8.98. The van der Waals surface area contributed by atoms with E-state index in [9.17, 15) is 4.79 Å². The zero-order valence-corrected chi connectivity index (χ0v) is 21.0. The number of rotatable bonds is 6. The Morgan fingerprint density at radius 3 is 2.49 bits per heavy atom. The molecule has 0 atom stereocenters. The van der Waals surface area contributed by atoms with Crippen LogP contribution in [0.2, 0.25) is 0 Å². The summed E-state index contributed by atoms with van der Waals surface area (Å²) in [6.07, 6.45) is 0.957. The van der Waals surface area contributed by atoms with Crippen LogP contribution in [0.4, 0.5) is 0 Å². The zero-order valence-electron chi connectivity index (χ0n) is 19.4. The molecule has 0 radical (unpaired) electrons. The Hall–Kier alpha value is -3.18.